The SMILES string of the molecule is CCN(Cc1sccc1C#CCO)C(C)C. The highest BCUT2D eigenvalue weighted by Crippen LogP contribution is 2.19. The number of nitrogens with zero attached hydrogens (tertiary/aromatic N) is 1. The van der Waals surface area contributed by atoms with Gasteiger partial charge in [0.2, 0.25) is 0 Å². The van der Waals surface area contributed by atoms with Crippen molar-refractivity contribution in [2.24, 2.45) is 0 Å². The zero-order chi connectivity index (χ0) is 12.0. The normalized spacial score (nSPS) is 10.6. The third-order valence-corrected chi connectivity index (χ3v) is 3.44. The monoisotopic (exact) mass is 237 g/mol. The Hall–Kier alpha value is -0.820. The van der Waals surface area contributed by atoms with Crippen LogP contribution in [0, 0.1) is 11.8 Å². The summed E-state index contributed by atoms with van der Waals surface area (Å²) >= 11 is 1.74. The van der Waals surface area contributed by atoms with E-state index in [-0.39, 0.29) is 6.61 Å². The first-order valence-corrected chi connectivity index (χ1v) is 6.47. The Kier molecular flexibility index (Phi) is 5.54. The van der Waals surface area contributed by atoms with Gasteiger partial charge in [-0.1, -0.05) is 18.8 Å². The summed E-state index contributed by atoms with van der Waals surface area (Å²) in [6.45, 7) is 8.50. The van der Waals surface area contributed by atoms with Crippen LogP contribution in [-0.2, 0) is 6.54 Å². The fraction of sp³-hybridized carbons (Fsp3) is 0.538. The van der Waals surface area contributed by atoms with Gasteiger partial charge in [-0.25, -0.2) is 0 Å². The molecule has 1 aromatic heterocycles. The third kappa shape index (κ3) is 3.64. The molecule has 0 saturated heterocycles. The number of rotatable bonds is 4. The van der Waals surface area contributed by atoms with Crippen molar-refractivity contribution in [1.29, 1.82) is 0 Å². The molecule has 0 saturated carbocycles. The van der Waals surface area contributed by atoms with E-state index in [1.165, 1.54) is 4.88 Å². The summed E-state index contributed by atoms with van der Waals surface area (Å²) < 4.78 is 0. The second kappa shape index (κ2) is 6.70. The third-order valence-electron chi connectivity index (χ3n) is 2.53. The minimum Gasteiger partial charge on any atom is -0.384 e. The van der Waals surface area contributed by atoms with E-state index in [9.17, 15) is 0 Å². The lowest BCUT2D eigenvalue weighted by Gasteiger charge is -2.24. The molecule has 1 rings (SSSR count). The van der Waals surface area contributed by atoms with E-state index in [4.69, 9.17) is 5.11 Å². The molecule has 0 fully saturated rings. The maximum atomic E-state index is 8.69. The first-order valence-electron chi connectivity index (χ1n) is 5.59. The van der Waals surface area contributed by atoms with E-state index in [2.05, 4.69) is 42.9 Å². The minimum absolute atomic E-state index is 0.0725. The lowest BCUT2D eigenvalue weighted by Crippen LogP contribution is -2.29. The molecule has 0 aliphatic carbocycles. The zero-order valence-electron chi connectivity index (χ0n) is 10.2. The van der Waals surface area contributed by atoms with E-state index in [0.29, 0.717) is 6.04 Å². The fourth-order valence-electron chi connectivity index (χ4n) is 1.55. The fourth-order valence-corrected chi connectivity index (χ4v) is 2.41. The number of aliphatic hydroxyl groups excluding tert-OH is 1. The molecule has 0 unspecified atom stereocenters. The van der Waals surface area contributed by atoms with Crippen molar-refractivity contribution < 1.29 is 5.11 Å². The maximum absolute atomic E-state index is 8.69. The summed E-state index contributed by atoms with van der Waals surface area (Å²) in [7, 11) is 0. The molecule has 0 bridgehead atoms. The first kappa shape index (κ1) is 13.2. The van der Waals surface area contributed by atoms with Crippen molar-refractivity contribution >= 4 is 11.3 Å². The van der Waals surface area contributed by atoms with Gasteiger partial charge in [-0.2, -0.15) is 0 Å². The Balaban J connectivity index is 2.76. The quantitative estimate of drug-likeness (QED) is 0.812. The van der Waals surface area contributed by atoms with Crippen LogP contribution < -0.4 is 0 Å². The van der Waals surface area contributed by atoms with Crippen LogP contribution in [0.2, 0.25) is 0 Å². The largest absolute Gasteiger partial charge is 0.384 e. The first-order chi connectivity index (χ1) is 7.69. The van der Waals surface area contributed by atoms with Crippen LogP contribution in [-0.4, -0.2) is 29.2 Å². The topological polar surface area (TPSA) is 23.5 Å². The predicted octanol–water partition coefficient (Wildman–Crippen LogP) is 2.32. The van der Waals surface area contributed by atoms with Gasteiger partial charge in [0.15, 0.2) is 0 Å². The van der Waals surface area contributed by atoms with Crippen molar-refractivity contribution in [2.75, 3.05) is 13.2 Å². The number of hydrogen-bond donors (Lipinski definition) is 1. The second-order valence-electron chi connectivity index (χ2n) is 3.87. The van der Waals surface area contributed by atoms with Gasteiger partial charge >= 0.3 is 0 Å². The molecule has 1 aromatic rings. The van der Waals surface area contributed by atoms with Gasteiger partial charge in [-0.3, -0.25) is 4.90 Å². The van der Waals surface area contributed by atoms with Crippen LogP contribution in [0.4, 0.5) is 0 Å². The molecule has 3 heteroatoms. The summed E-state index contributed by atoms with van der Waals surface area (Å²) in [5.74, 6) is 5.70. The number of aliphatic hydroxyl groups is 1. The van der Waals surface area contributed by atoms with Gasteiger partial charge in [0.25, 0.3) is 0 Å². The second-order valence-corrected chi connectivity index (χ2v) is 4.87. The minimum atomic E-state index is -0.0725. The van der Waals surface area contributed by atoms with Crippen LogP contribution >= 0.6 is 11.3 Å². The summed E-state index contributed by atoms with van der Waals surface area (Å²) in [5.41, 5.74) is 1.05. The lowest BCUT2D eigenvalue weighted by molar-refractivity contribution is 0.227. The summed E-state index contributed by atoms with van der Waals surface area (Å²) in [6.07, 6.45) is 0. The molecule has 1 heterocycles. The van der Waals surface area contributed by atoms with Gasteiger partial charge in [-0.05, 0) is 31.8 Å². The Morgan fingerprint density at radius 1 is 1.50 bits per heavy atom. The van der Waals surface area contributed by atoms with Crippen LogP contribution in [0.5, 0.6) is 0 Å². The highest BCUT2D eigenvalue weighted by molar-refractivity contribution is 7.10. The Labute approximate surface area is 102 Å². The van der Waals surface area contributed by atoms with Crippen LogP contribution in [0.3, 0.4) is 0 Å². The Bertz CT molecular complexity index is 373. The molecule has 0 atom stereocenters. The summed E-state index contributed by atoms with van der Waals surface area (Å²) in [5, 5.41) is 10.8. The van der Waals surface area contributed by atoms with Gasteiger partial charge in [0, 0.05) is 23.0 Å². The smallest absolute Gasteiger partial charge is 0.104 e. The van der Waals surface area contributed by atoms with Crippen molar-refractivity contribution in [2.45, 2.75) is 33.4 Å². The van der Waals surface area contributed by atoms with Crippen LogP contribution in [0.15, 0.2) is 11.4 Å². The van der Waals surface area contributed by atoms with Crippen molar-refractivity contribution in [1.82, 2.24) is 4.90 Å². The van der Waals surface area contributed by atoms with Gasteiger partial charge in [0.05, 0.1) is 0 Å². The zero-order valence-corrected chi connectivity index (χ0v) is 11.0. The van der Waals surface area contributed by atoms with Crippen molar-refractivity contribution in [3.63, 3.8) is 0 Å². The van der Waals surface area contributed by atoms with E-state index < -0.39 is 0 Å². The number of hydrogen-bond acceptors (Lipinski definition) is 3. The Morgan fingerprint density at radius 3 is 2.81 bits per heavy atom. The molecule has 16 heavy (non-hydrogen) atoms. The molecular formula is C13H19NOS. The Morgan fingerprint density at radius 2 is 2.25 bits per heavy atom. The predicted molar refractivity (Wildman–Crippen MR) is 69.5 cm³/mol. The molecule has 0 spiro atoms. The van der Waals surface area contributed by atoms with Crippen molar-refractivity contribution in [3.05, 3.63) is 21.9 Å². The van der Waals surface area contributed by atoms with Gasteiger partial charge in [0.1, 0.15) is 6.61 Å². The van der Waals surface area contributed by atoms with Crippen LogP contribution in [0.25, 0.3) is 0 Å². The van der Waals surface area contributed by atoms with Gasteiger partial charge in [-0.15, -0.1) is 11.3 Å². The average Bonchev–Trinajstić information content (AvgIpc) is 2.69. The lowest BCUT2D eigenvalue weighted by atomic mass is 10.2. The molecule has 88 valence electrons. The molecule has 0 radical (unpaired) electrons. The average molecular weight is 237 g/mol. The highest BCUT2D eigenvalue weighted by Gasteiger charge is 2.10. The van der Waals surface area contributed by atoms with E-state index in [0.717, 1.165) is 18.7 Å². The molecule has 0 aliphatic rings. The maximum Gasteiger partial charge on any atom is 0.104 e. The van der Waals surface area contributed by atoms with E-state index in [1.807, 2.05) is 6.07 Å². The van der Waals surface area contributed by atoms with Gasteiger partial charge < -0.3 is 5.11 Å². The molecule has 2 nitrogen and oxygen atoms in total. The standard InChI is InChI=1S/C13H19NOS/c1-4-14(11(2)3)10-13-12(6-5-8-15)7-9-16-13/h7,9,11,15H,4,8,10H2,1-3H3. The molecular weight excluding hydrogens is 218 g/mol. The summed E-state index contributed by atoms with van der Waals surface area (Å²) in [4.78, 5) is 3.69. The summed E-state index contributed by atoms with van der Waals surface area (Å²) in [6, 6.07) is 2.57. The van der Waals surface area contributed by atoms with Crippen LogP contribution in [0.1, 0.15) is 31.2 Å². The van der Waals surface area contributed by atoms with Crippen molar-refractivity contribution in [3.8, 4) is 11.8 Å². The molecule has 0 amide bonds. The number of thiophene rings is 1. The molecule has 0 aromatic carbocycles. The van der Waals surface area contributed by atoms with E-state index >= 15 is 0 Å². The highest BCUT2D eigenvalue weighted by atomic mass is 32.1. The molecule has 1 N–H and O–H groups in total. The molecule has 0 aliphatic heterocycles. The van der Waals surface area contributed by atoms with E-state index in [1.54, 1.807) is 11.3 Å².